The number of pyridine rings is 3. The van der Waals surface area contributed by atoms with Gasteiger partial charge in [0.1, 0.15) is 11.3 Å². The summed E-state index contributed by atoms with van der Waals surface area (Å²) in [7, 11) is 2.17. The van der Waals surface area contributed by atoms with E-state index in [2.05, 4.69) is 59.1 Å². The van der Waals surface area contributed by atoms with E-state index in [0.717, 1.165) is 70.8 Å². The van der Waals surface area contributed by atoms with Crippen molar-refractivity contribution in [3.63, 3.8) is 0 Å². The number of nitrogens with one attached hydrogen (secondary N) is 2. The summed E-state index contributed by atoms with van der Waals surface area (Å²) in [6.07, 6.45) is 7.05. The monoisotopic (exact) mass is 425 g/mol. The fourth-order valence-corrected chi connectivity index (χ4v) is 4.34. The van der Waals surface area contributed by atoms with Gasteiger partial charge in [-0.25, -0.2) is 4.98 Å². The van der Waals surface area contributed by atoms with E-state index < -0.39 is 0 Å². The summed E-state index contributed by atoms with van der Waals surface area (Å²) in [5.74, 6) is 0. The van der Waals surface area contributed by atoms with Gasteiger partial charge in [0.25, 0.3) is 0 Å². The number of nitrogen functional groups attached to an aromatic ring is 1. The largest absolute Gasteiger partial charge is 0.397 e. The fraction of sp³-hybridized carbons (Fsp3) is 0.217. The van der Waals surface area contributed by atoms with Crippen LogP contribution in [0.1, 0.15) is 0 Å². The predicted octanol–water partition coefficient (Wildman–Crippen LogP) is 2.90. The lowest BCUT2D eigenvalue weighted by atomic mass is 10.1. The molecule has 4 N–H and O–H groups in total. The Morgan fingerprint density at radius 2 is 1.84 bits per heavy atom. The molecule has 0 radical (unpaired) electrons. The summed E-state index contributed by atoms with van der Waals surface area (Å²) in [4.78, 5) is 21.6. The van der Waals surface area contributed by atoms with Crippen molar-refractivity contribution >= 4 is 33.3 Å². The van der Waals surface area contributed by atoms with Crippen LogP contribution in [-0.2, 0) is 0 Å². The maximum Gasteiger partial charge on any atom is 0.139 e. The van der Waals surface area contributed by atoms with Crippen LogP contribution in [0.2, 0.25) is 0 Å². The first kappa shape index (κ1) is 18.8. The molecule has 1 saturated heterocycles. The number of nitrogens with two attached hydrogens (primary N) is 1. The second-order valence-electron chi connectivity index (χ2n) is 8.26. The van der Waals surface area contributed by atoms with E-state index >= 15 is 0 Å². The van der Waals surface area contributed by atoms with Crippen LogP contribution in [0.25, 0.3) is 44.6 Å². The number of H-pyrrole nitrogens is 2. The van der Waals surface area contributed by atoms with Gasteiger partial charge in [-0.15, -0.1) is 0 Å². The van der Waals surface area contributed by atoms with Crippen molar-refractivity contribution in [1.82, 2.24) is 35.0 Å². The van der Waals surface area contributed by atoms with Crippen LogP contribution in [0.5, 0.6) is 0 Å². The number of likely N-dealkylation sites (N-methyl/N-ethyl adjacent to an activating group) is 1. The molecule has 0 spiro atoms. The molecule has 0 aromatic carbocycles. The summed E-state index contributed by atoms with van der Waals surface area (Å²) >= 11 is 0. The Bertz CT molecular complexity index is 1430. The molecule has 32 heavy (non-hydrogen) atoms. The first-order valence-electron chi connectivity index (χ1n) is 10.6. The van der Waals surface area contributed by atoms with Gasteiger partial charge in [0.15, 0.2) is 0 Å². The van der Waals surface area contributed by atoms with Gasteiger partial charge in [0, 0.05) is 66.8 Å². The lowest BCUT2D eigenvalue weighted by molar-refractivity contribution is 0.313. The van der Waals surface area contributed by atoms with Crippen molar-refractivity contribution < 1.29 is 0 Å². The number of piperazine rings is 1. The average molecular weight is 426 g/mol. The average Bonchev–Trinajstić information content (AvgIpc) is 3.43. The highest BCUT2D eigenvalue weighted by Crippen LogP contribution is 2.33. The van der Waals surface area contributed by atoms with Crippen molar-refractivity contribution in [2.24, 2.45) is 0 Å². The smallest absolute Gasteiger partial charge is 0.139 e. The summed E-state index contributed by atoms with van der Waals surface area (Å²) in [6.45, 7) is 4.12. The molecule has 1 aliphatic rings. The van der Waals surface area contributed by atoms with Crippen molar-refractivity contribution in [2.45, 2.75) is 0 Å². The zero-order chi connectivity index (χ0) is 21.7. The molecule has 1 aliphatic heterocycles. The molecule has 0 bridgehead atoms. The number of fused-ring (bicyclic) bond motifs is 2. The minimum Gasteiger partial charge on any atom is -0.397 e. The number of aromatic nitrogens is 6. The highest BCUT2D eigenvalue weighted by atomic mass is 15.2. The Labute approximate surface area is 184 Å². The van der Waals surface area contributed by atoms with E-state index in [4.69, 9.17) is 5.73 Å². The quantitative estimate of drug-likeness (QED) is 0.407. The van der Waals surface area contributed by atoms with Gasteiger partial charge in [-0.3, -0.25) is 15.1 Å². The number of hydrogen-bond acceptors (Lipinski definition) is 7. The van der Waals surface area contributed by atoms with Crippen molar-refractivity contribution in [1.29, 1.82) is 0 Å². The van der Waals surface area contributed by atoms with Gasteiger partial charge in [0.05, 0.1) is 28.8 Å². The number of rotatable bonds is 3. The minimum atomic E-state index is 0.606. The molecular weight excluding hydrogens is 402 g/mol. The molecule has 160 valence electrons. The summed E-state index contributed by atoms with van der Waals surface area (Å²) in [5, 5.41) is 9.76. The number of nitrogens with zero attached hydrogens (tertiary/aromatic N) is 6. The molecule has 6 rings (SSSR count). The third-order valence-electron chi connectivity index (χ3n) is 6.11. The van der Waals surface area contributed by atoms with Crippen LogP contribution in [0.3, 0.4) is 0 Å². The molecule has 0 atom stereocenters. The van der Waals surface area contributed by atoms with Gasteiger partial charge in [-0.1, -0.05) is 0 Å². The van der Waals surface area contributed by atoms with Crippen molar-refractivity contribution in [2.75, 3.05) is 43.9 Å². The molecule has 1 fully saturated rings. The van der Waals surface area contributed by atoms with E-state index in [9.17, 15) is 0 Å². The van der Waals surface area contributed by atoms with E-state index in [1.807, 2.05) is 18.3 Å². The Morgan fingerprint density at radius 1 is 0.969 bits per heavy atom. The predicted molar refractivity (Wildman–Crippen MR) is 126 cm³/mol. The first-order valence-corrected chi connectivity index (χ1v) is 10.6. The molecule has 5 aromatic rings. The number of anilines is 2. The van der Waals surface area contributed by atoms with Crippen LogP contribution >= 0.6 is 0 Å². The molecule has 9 heteroatoms. The molecule has 9 nitrogen and oxygen atoms in total. The summed E-state index contributed by atoms with van der Waals surface area (Å²) in [6, 6.07) is 8.14. The lowest BCUT2D eigenvalue weighted by Crippen LogP contribution is -2.44. The van der Waals surface area contributed by atoms with Crippen molar-refractivity contribution in [3.05, 3.63) is 49.1 Å². The van der Waals surface area contributed by atoms with E-state index in [1.165, 1.54) is 5.69 Å². The topological polar surface area (TPSA) is 116 Å². The molecule has 5 aromatic heterocycles. The normalized spacial score (nSPS) is 15.1. The summed E-state index contributed by atoms with van der Waals surface area (Å²) < 4.78 is 0. The Kier molecular flexibility index (Phi) is 4.29. The third-order valence-corrected chi connectivity index (χ3v) is 6.11. The maximum atomic E-state index is 5.91. The molecule has 0 saturated carbocycles. The number of hydrogen-bond donors (Lipinski definition) is 3. The van der Waals surface area contributed by atoms with Crippen LogP contribution in [0.4, 0.5) is 11.4 Å². The standard InChI is InChI=1S/C23H23N9/c1-31-4-6-32(7-5-31)21-2-3-26-23-17(21)10-19(28-23)22-16-9-18(27-13-20(16)29-30-22)14-8-15(24)12-25-11-14/h2-3,8-13H,4-7,24H2,1H3,(H,26,28)(H,29,30). The van der Waals surface area contributed by atoms with E-state index in [0.29, 0.717) is 5.69 Å². The lowest BCUT2D eigenvalue weighted by Gasteiger charge is -2.34. The zero-order valence-electron chi connectivity index (χ0n) is 17.7. The van der Waals surface area contributed by atoms with Gasteiger partial charge >= 0.3 is 0 Å². The maximum absolute atomic E-state index is 5.91. The second kappa shape index (κ2) is 7.31. The van der Waals surface area contributed by atoms with Gasteiger partial charge in [-0.05, 0) is 31.3 Å². The van der Waals surface area contributed by atoms with Crippen LogP contribution < -0.4 is 10.6 Å². The van der Waals surface area contributed by atoms with E-state index in [1.54, 1.807) is 18.6 Å². The molecule has 6 heterocycles. The Balaban J connectivity index is 1.44. The molecule has 0 unspecified atom stereocenters. The SMILES string of the molecule is CN1CCN(c2ccnc3[nH]c(-c4n[nH]c5cnc(-c6cncc(N)c6)cc45)cc23)CC1. The Morgan fingerprint density at radius 3 is 2.69 bits per heavy atom. The number of aromatic amines is 2. The van der Waals surface area contributed by atoms with Gasteiger partial charge in [0.2, 0.25) is 0 Å². The molecular formula is C23H23N9. The van der Waals surface area contributed by atoms with Crippen LogP contribution in [0.15, 0.2) is 49.1 Å². The fourth-order valence-electron chi connectivity index (χ4n) is 4.34. The van der Waals surface area contributed by atoms with Crippen molar-refractivity contribution in [3.8, 4) is 22.6 Å². The summed E-state index contributed by atoms with van der Waals surface area (Å²) in [5.41, 5.74) is 12.9. The Hall–Kier alpha value is -3.98. The first-order chi connectivity index (χ1) is 15.7. The minimum absolute atomic E-state index is 0.606. The highest BCUT2D eigenvalue weighted by molar-refractivity contribution is 5.99. The third kappa shape index (κ3) is 3.14. The molecule has 0 aliphatic carbocycles. The zero-order valence-corrected chi connectivity index (χ0v) is 17.7. The second-order valence-corrected chi connectivity index (χ2v) is 8.26. The van der Waals surface area contributed by atoms with Gasteiger partial charge < -0.3 is 20.5 Å². The van der Waals surface area contributed by atoms with Crippen LogP contribution in [0, 0.1) is 0 Å². The molecule has 0 amide bonds. The highest BCUT2D eigenvalue weighted by Gasteiger charge is 2.19. The van der Waals surface area contributed by atoms with E-state index in [-0.39, 0.29) is 0 Å². The van der Waals surface area contributed by atoms with Gasteiger partial charge in [-0.2, -0.15) is 5.10 Å². The van der Waals surface area contributed by atoms with Crippen LogP contribution in [-0.4, -0.2) is 68.3 Å².